The maximum atomic E-state index is 9.92. The lowest BCUT2D eigenvalue weighted by atomic mass is 10.0. The molecule has 1 fully saturated rings. The lowest BCUT2D eigenvalue weighted by molar-refractivity contribution is 0.134. The van der Waals surface area contributed by atoms with Crippen molar-refractivity contribution in [3.05, 3.63) is 23.8 Å². The summed E-state index contributed by atoms with van der Waals surface area (Å²) in [5, 5.41) is 13.2. The number of ether oxygens (including phenoxy) is 1. The van der Waals surface area contributed by atoms with Gasteiger partial charge in [-0.3, -0.25) is 4.90 Å². The predicted molar refractivity (Wildman–Crippen MR) is 67.5 cm³/mol. The van der Waals surface area contributed by atoms with Gasteiger partial charge in [0.15, 0.2) is 0 Å². The highest BCUT2D eigenvalue weighted by atomic mass is 16.5. The van der Waals surface area contributed by atoms with Gasteiger partial charge in [-0.25, -0.2) is 0 Å². The molecule has 1 heterocycles. The second-order valence-corrected chi connectivity index (χ2v) is 4.58. The molecule has 0 aromatic heterocycles. The summed E-state index contributed by atoms with van der Waals surface area (Å²) in [6.07, 6.45) is 0. The van der Waals surface area contributed by atoms with Gasteiger partial charge in [-0.05, 0) is 32.2 Å². The molecule has 94 valence electrons. The van der Waals surface area contributed by atoms with E-state index in [1.807, 2.05) is 6.07 Å². The van der Waals surface area contributed by atoms with Gasteiger partial charge in [0.2, 0.25) is 0 Å². The van der Waals surface area contributed by atoms with Crippen LogP contribution in [0, 0.1) is 0 Å². The van der Waals surface area contributed by atoms with E-state index in [-0.39, 0.29) is 6.04 Å². The molecule has 0 amide bonds. The standard InChI is InChI=1S/C13H20N2O2/c1-9(15(2)10-7-14-8-10)12-6-11(17-3)4-5-13(12)16/h4-6,9-10,14,16H,7-8H2,1-3H3. The summed E-state index contributed by atoms with van der Waals surface area (Å²) in [5.41, 5.74) is 0.916. The number of phenolic OH excluding ortho intramolecular Hbond substituents is 1. The van der Waals surface area contributed by atoms with Crippen LogP contribution in [0.25, 0.3) is 0 Å². The highest BCUT2D eigenvalue weighted by Crippen LogP contribution is 2.32. The first-order valence-electron chi connectivity index (χ1n) is 5.93. The van der Waals surface area contributed by atoms with Crippen molar-refractivity contribution in [1.29, 1.82) is 0 Å². The van der Waals surface area contributed by atoms with E-state index >= 15 is 0 Å². The van der Waals surface area contributed by atoms with Crippen LogP contribution in [0.3, 0.4) is 0 Å². The summed E-state index contributed by atoms with van der Waals surface area (Å²) in [7, 11) is 3.73. The third-order valence-corrected chi connectivity index (χ3v) is 3.63. The van der Waals surface area contributed by atoms with Gasteiger partial charge < -0.3 is 15.2 Å². The molecular formula is C13H20N2O2. The fourth-order valence-corrected chi connectivity index (χ4v) is 2.09. The van der Waals surface area contributed by atoms with Crippen LogP contribution < -0.4 is 10.1 Å². The smallest absolute Gasteiger partial charge is 0.120 e. The number of methoxy groups -OCH3 is 1. The van der Waals surface area contributed by atoms with Gasteiger partial charge >= 0.3 is 0 Å². The SMILES string of the molecule is COc1ccc(O)c(C(C)N(C)C2CNC2)c1. The van der Waals surface area contributed by atoms with Crippen molar-refractivity contribution in [1.82, 2.24) is 10.2 Å². The quantitative estimate of drug-likeness (QED) is 0.828. The molecule has 1 unspecified atom stereocenters. The molecule has 4 heteroatoms. The first-order valence-corrected chi connectivity index (χ1v) is 5.93. The molecule has 1 aromatic carbocycles. The molecule has 1 saturated heterocycles. The third kappa shape index (κ3) is 2.37. The number of nitrogens with zero attached hydrogens (tertiary/aromatic N) is 1. The molecule has 1 aliphatic heterocycles. The van der Waals surface area contributed by atoms with E-state index in [1.54, 1.807) is 19.2 Å². The van der Waals surface area contributed by atoms with Gasteiger partial charge in [0.25, 0.3) is 0 Å². The zero-order valence-electron chi connectivity index (χ0n) is 10.6. The normalized spacial score (nSPS) is 17.9. The monoisotopic (exact) mass is 236 g/mol. The average Bonchev–Trinajstić information content (AvgIpc) is 2.26. The van der Waals surface area contributed by atoms with Crippen molar-refractivity contribution in [2.45, 2.75) is 19.0 Å². The summed E-state index contributed by atoms with van der Waals surface area (Å²) >= 11 is 0. The Morgan fingerprint density at radius 2 is 2.18 bits per heavy atom. The van der Waals surface area contributed by atoms with Crippen molar-refractivity contribution in [2.24, 2.45) is 0 Å². The molecule has 0 bridgehead atoms. The molecule has 0 radical (unpaired) electrons. The summed E-state index contributed by atoms with van der Waals surface area (Å²) < 4.78 is 5.20. The van der Waals surface area contributed by atoms with Crippen LogP contribution in [0.5, 0.6) is 11.5 Å². The van der Waals surface area contributed by atoms with Gasteiger partial charge in [-0.2, -0.15) is 0 Å². The molecule has 1 aliphatic rings. The summed E-state index contributed by atoms with van der Waals surface area (Å²) in [5.74, 6) is 1.11. The van der Waals surface area contributed by atoms with E-state index in [9.17, 15) is 5.11 Å². The topological polar surface area (TPSA) is 44.7 Å². The number of aromatic hydroxyl groups is 1. The highest BCUT2D eigenvalue weighted by molar-refractivity contribution is 5.41. The summed E-state index contributed by atoms with van der Waals surface area (Å²) in [6, 6.07) is 6.10. The van der Waals surface area contributed by atoms with Crippen LogP contribution in [0.2, 0.25) is 0 Å². The maximum Gasteiger partial charge on any atom is 0.120 e. The minimum atomic E-state index is 0.178. The van der Waals surface area contributed by atoms with E-state index < -0.39 is 0 Å². The van der Waals surface area contributed by atoms with Gasteiger partial charge in [0, 0.05) is 30.7 Å². The molecule has 1 atom stereocenters. The van der Waals surface area contributed by atoms with E-state index in [1.165, 1.54) is 0 Å². The second-order valence-electron chi connectivity index (χ2n) is 4.58. The van der Waals surface area contributed by atoms with Crippen LogP contribution in [0.15, 0.2) is 18.2 Å². The summed E-state index contributed by atoms with van der Waals surface area (Å²) in [4.78, 5) is 2.28. The van der Waals surface area contributed by atoms with Gasteiger partial charge in [0.1, 0.15) is 11.5 Å². The molecule has 1 aromatic rings. The van der Waals surface area contributed by atoms with Gasteiger partial charge in [-0.15, -0.1) is 0 Å². The fourth-order valence-electron chi connectivity index (χ4n) is 2.09. The Morgan fingerprint density at radius 1 is 1.47 bits per heavy atom. The van der Waals surface area contributed by atoms with Gasteiger partial charge in [0.05, 0.1) is 7.11 Å². The van der Waals surface area contributed by atoms with Crippen LogP contribution in [0.4, 0.5) is 0 Å². The lowest BCUT2D eigenvalue weighted by Gasteiger charge is -2.39. The number of benzene rings is 1. The molecule has 0 saturated carbocycles. The first-order chi connectivity index (χ1) is 8.13. The molecular weight excluding hydrogens is 216 g/mol. The fraction of sp³-hybridized carbons (Fsp3) is 0.538. The molecule has 2 N–H and O–H groups in total. The number of hydrogen-bond donors (Lipinski definition) is 2. The number of nitrogens with one attached hydrogen (secondary N) is 1. The number of rotatable bonds is 4. The van der Waals surface area contributed by atoms with Crippen LogP contribution >= 0.6 is 0 Å². The molecule has 4 nitrogen and oxygen atoms in total. The Kier molecular flexibility index (Phi) is 3.54. The first kappa shape index (κ1) is 12.2. The zero-order valence-corrected chi connectivity index (χ0v) is 10.6. The Hall–Kier alpha value is -1.26. The highest BCUT2D eigenvalue weighted by Gasteiger charge is 2.27. The second kappa shape index (κ2) is 4.94. The largest absolute Gasteiger partial charge is 0.508 e. The summed E-state index contributed by atoms with van der Waals surface area (Å²) in [6.45, 7) is 4.14. The molecule has 2 rings (SSSR count). The van der Waals surface area contributed by atoms with E-state index in [0.717, 1.165) is 24.4 Å². The molecule has 17 heavy (non-hydrogen) atoms. The molecule has 0 spiro atoms. The Balaban J connectivity index is 2.19. The Labute approximate surface area is 102 Å². The van der Waals surface area contributed by atoms with Gasteiger partial charge in [-0.1, -0.05) is 0 Å². The predicted octanol–water partition coefficient (Wildman–Crippen LogP) is 1.37. The number of hydrogen-bond acceptors (Lipinski definition) is 4. The van der Waals surface area contributed by atoms with E-state index in [4.69, 9.17) is 4.74 Å². The van der Waals surface area contributed by atoms with Crippen LogP contribution in [-0.4, -0.2) is 43.3 Å². The minimum Gasteiger partial charge on any atom is -0.508 e. The van der Waals surface area contributed by atoms with E-state index in [2.05, 4.69) is 24.2 Å². The maximum absolute atomic E-state index is 9.92. The lowest BCUT2D eigenvalue weighted by Crippen LogP contribution is -2.56. The van der Waals surface area contributed by atoms with Crippen molar-refractivity contribution in [2.75, 3.05) is 27.2 Å². The van der Waals surface area contributed by atoms with E-state index in [0.29, 0.717) is 11.8 Å². The average molecular weight is 236 g/mol. The van der Waals surface area contributed by atoms with Crippen molar-refractivity contribution in [3.8, 4) is 11.5 Å². The third-order valence-electron chi connectivity index (χ3n) is 3.63. The zero-order chi connectivity index (χ0) is 12.4. The van der Waals surface area contributed by atoms with Crippen molar-refractivity contribution < 1.29 is 9.84 Å². The number of phenols is 1. The van der Waals surface area contributed by atoms with Crippen LogP contribution in [-0.2, 0) is 0 Å². The Bertz CT molecular complexity index is 391. The van der Waals surface area contributed by atoms with Crippen molar-refractivity contribution >= 4 is 0 Å². The minimum absolute atomic E-state index is 0.178. The number of likely N-dealkylation sites (N-methyl/N-ethyl adjacent to an activating group) is 1. The molecule has 0 aliphatic carbocycles. The van der Waals surface area contributed by atoms with Crippen LogP contribution in [0.1, 0.15) is 18.5 Å². The van der Waals surface area contributed by atoms with Crippen molar-refractivity contribution in [3.63, 3.8) is 0 Å². The Morgan fingerprint density at radius 3 is 2.71 bits per heavy atom.